The fourth-order valence-electron chi connectivity index (χ4n) is 1.62. The minimum atomic E-state index is -0.171. The van der Waals surface area contributed by atoms with E-state index in [0.29, 0.717) is 12.5 Å². The molecule has 4 nitrogen and oxygen atoms in total. The van der Waals surface area contributed by atoms with Crippen LogP contribution in [0.15, 0.2) is 16.7 Å². The molecule has 0 fully saturated rings. The molecule has 1 heterocycles. The van der Waals surface area contributed by atoms with Crippen molar-refractivity contribution in [1.29, 1.82) is 0 Å². The molecule has 0 aromatic carbocycles. The minimum absolute atomic E-state index is 0.171. The number of hydrogen-bond acceptors (Lipinski definition) is 4. The molecular formula is C15H25BrN2O2. The number of halogens is 1. The molecule has 1 aromatic heterocycles. The number of nitrogens with zero attached hydrogens (tertiary/aromatic N) is 1. The summed E-state index contributed by atoms with van der Waals surface area (Å²) in [7, 11) is 1.72. The van der Waals surface area contributed by atoms with Crippen LogP contribution in [-0.2, 0) is 11.3 Å². The summed E-state index contributed by atoms with van der Waals surface area (Å²) >= 11 is 3.45. The molecule has 0 aliphatic carbocycles. The topological polar surface area (TPSA) is 43.4 Å². The Balaban J connectivity index is 2.59. The Morgan fingerprint density at radius 3 is 2.80 bits per heavy atom. The third-order valence-electron chi connectivity index (χ3n) is 3.13. The Morgan fingerprint density at radius 1 is 1.40 bits per heavy atom. The van der Waals surface area contributed by atoms with Crippen LogP contribution in [0.25, 0.3) is 0 Å². The van der Waals surface area contributed by atoms with Crippen LogP contribution in [0, 0.1) is 0 Å². The fourth-order valence-corrected chi connectivity index (χ4v) is 2.00. The maximum atomic E-state index is 5.81. The van der Waals surface area contributed by atoms with Gasteiger partial charge in [0.25, 0.3) is 0 Å². The van der Waals surface area contributed by atoms with Crippen LogP contribution < -0.4 is 10.1 Å². The molecule has 0 saturated carbocycles. The quantitative estimate of drug-likeness (QED) is 0.696. The van der Waals surface area contributed by atoms with Gasteiger partial charge in [0.15, 0.2) is 0 Å². The molecule has 5 heteroatoms. The van der Waals surface area contributed by atoms with Gasteiger partial charge in [-0.2, -0.15) is 0 Å². The lowest BCUT2D eigenvalue weighted by molar-refractivity contribution is 0.00499. The first kappa shape index (κ1) is 17.4. The number of ether oxygens (including phenoxy) is 2. The predicted molar refractivity (Wildman–Crippen MR) is 85.1 cm³/mol. The molecule has 114 valence electrons. The Morgan fingerprint density at radius 2 is 2.15 bits per heavy atom. The summed E-state index contributed by atoms with van der Waals surface area (Å²) in [4.78, 5) is 4.35. The van der Waals surface area contributed by atoms with E-state index >= 15 is 0 Å². The summed E-state index contributed by atoms with van der Waals surface area (Å²) in [5.74, 6) is 0.698. The lowest BCUT2D eigenvalue weighted by atomic mass is 10.1. The molecular weight excluding hydrogens is 320 g/mol. The Labute approximate surface area is 130 Å². The van der Waals surface area contributed by atoms with Crippen molar-refractivity contribution in [2.45, 2.75) is 45.8 Å². The molecule has 1 N–H and O–H groups in total. The van der Waals surface area contributed by atoms with Crippen LogP contribution in [0.3, 0.4) is 0 Å². The zero-order valence-electron chi connectivity index (χ0n) is 12.8. The van der Waals surface area contributed by atoms with Crippen LogP contribution >= 0.6 is 15.9 Å². The summed E-state index contributed by atoms with van der Waals surface area (Å²) < 4.78 is 12.2. The van der Waals surface area contributed by atoms with E-state index in [1.165, 1.54) is 0 Å². The smallest absolute Gasteiger partial charge is 0.217 e. The van der Waals surface area contributed by atoms with E-state index in [4.69, 9.17) is 9.47 Å². The van der Waals surface area contributed by atoms with E-state index in [0.717, 1.165) is 36.0 Å². The van der Waals surface area contributed by atoms with Crippen molar-refractivity contribution >= 4 is 15.9 Å². The fraction of sp³-hybridized carbons (Fsp3) is 0.667. The number of aromatic nitrogens is 1. The van der Waals surface area contributed by atoms with Gasteiger partial charge in [-0.05, 0) is 48.8 Å². The number of rotatable bonds is 9. The molecule has 1 rings (SSSR count). The molecule has 1 aromatic rings. The van der Waals surface area contributed by atoms with Crippen molar-refractivity contribution in [3.8, 4) is 5.88 Å². The summed E-state index contributed by atoms with van der Waals surface area (Å²) in [5.41, 5.74) is 0.902. The van der Waals surface area contributed by atoms with E-state index in [9.17, 15) is 0 Å². The molecule has 0 atom stereocenters. The van der Waals surface area contributed by atoms with Crippen LogP contribution in [0.4, 0.5) is 0 Å². The van der Waals surface area contributed by atoms with Crippen molar-refractivity contribution in [2.75, 3.05) is 20.3 Å². The highest BCUT2D eigenvalue weighted by Gasteiger charge is 2.16. The first-order chi connectivity index (χ1) is 9.48. The number of hydrogen-bond donors (Lipinski definition) is 1. The zero-order chi connectivity index (χ0) is 15.0. The molecule has 0 unspecified atom stereocenters. The second-order valence-electron chi connectivity index (χ2n) is 5.36. The summed E-state index contributed by atoms with van der Waals surface area (Å²) in [6, 6.07) is 2.05. The molecule has 20 heavy (non-hydrogen) atoms. The van der Waals surface area contributed by atoms with E-state index in [-0.39, 0.29) is 5.60 Å². The van der Waals surface area contributed by atoms with Gasteiger partial charge in [0.05, 0.1) is 12.2 Å². The van der Waals surface area contributed by atoms with Crippen LogP contribution in [-0.4, -0.2) is 30.8 Å². The Kier molecular flexibility index (Phi) is 7.48. The van der Waals surface area contributed by atoms with Gasteiger partial charge in [0, 0.05) is 36.3 Å². The monoisotopic (exact) mass is 344 g/mol. The van der Waals surface area contributed by atoms with Gasteiger partial charge in [-0.15, -0.1) is 0 Å². The minimum Gasteiger partial charge on any atom is -0.477 e. The number of methoxy groups -OCH3 is 1. The maximum absolute atomic E-state index is 5.81. The van der Waals surface area contributed by atoms with Gasteiger partial charge in [-0.1, -0.05) is 6.92 Å². The standard InChI is InChI=1S/C15H25BrN2O2/c1-5-7-17-10-12-9-13(16)11-18-14(12)20-8-6-15(2,3)19-4/h9,11,17H,5-8,10H2,1-4H3. The van der Waals surface area contributed by atoms with Gasteiger partial charge in [-0.3, -0.25) is 0 Å². The summed E-state index contributed by atoms with van der Waals surface area (Å²) in [6.07, 6.45) is 3.70. The van der Waals surface area contributed by atoms with Gasteiger partial charge < -0.3 is 14.8 Å². The molecule has 0 bridgehead atoms. The van der Waals surface area contributed by atoms with Crippen LogP contribution in [0.1, 0.15) is 39.2 Å². The van der Waals surface area contributed by atoms with E-state index in [1.807, 2.05) is 6.07 Å². The summed E-state index contributed by atoms with van der Waals surface area (Å²) in [6.45, 7) is 8.60. The SMILES string of the molecule is CCCNCc1cc(Br)cnc1OCCC(C)(C)OC. The van der Waals surface area contributed by atoms with Gasteiger partial charge in [0.2, 0.25) is 5.88 Å². The number of pyridine rings is 1. The van der Waals surface area contributed by atoms with Crippen molar-refractivity contribution in [1.82, 2.24) is 10.3 Å². The third kappa shape index (κ3) is 6.20. The molecule has 0 spiro atoms. The van der Waals surface area contributed by atoms with Crippen LogP contribution in [0.2, 0.25) is 0 Å². The highest BCUT2D eigenvalue weighted by Crippen LogP contribution is 2.21. The average Bonchev–Trinajstić information content (AvgIpc) is 2.41. The van der Waals surface area contributed by atoms with Gasteiger partial charge >= 0.3 is 0 Å². The molecule has 0 amide bonds. The Bertz CT molecular complexity index is 411. The van der Waals surface area contributed by atoms with E-state index < -0.39 is 0 Å². The van der Waals surface area contributed by atoms with Crippen molar-refractivity contribution in [3.05, 3.63) is 22.3 Å². The maximum Gasteiger partial charge on any atom is 0.217 e. The summed E-state index contributed by atoms with van der Waals surface area (Å²) in [5, 5.41) is 3.37. The highest BCUT2D eigenvalue weighted by atomic mass is 79.9. The van der Waals surface area contributed by atoms with Crippen molar-refractivity contribution in [3.63, 3.8) is 0 Å². The normalized spacial score (nSPS) is 11.7. The van der Waals surface area contributed by atoms with Crippen molar-refractivity contribution in [2.24, 2.45) is 0 Å². The Hall–Kier alpha value is -0.650. The molecule has 0 aliphatic heterocycles. The second-order valence-corrected chi connectivity index (χ2v) is 6.27. The largest absolute Gasteiger partial charge is 0.477 e. The molecule has 0 aliphatic rings. The third-order valence-corrected chi connectivity index (χ3v) is 3.56. The second kappa shape index (κ2) is 8.60. The van der Waals surface area contributed by atoms with Gasteiger partial charge in [-0.25, -0.2) is 4.98 Å². The predicted octanol–water partition coefficient (Wildman–Crippen LogP) is 3.54. The first-order valence-corrected chi connectivity index (χ1v) is 7.81. The zero-order valence-corrected chi connectivity index (χ0v) is 14.4. The van der Waals surface area contributed by atoms with Gasteiger partial charge in [0.1, 0.15) is 0 Å². The molecule has 0 radical (unpaired) electrons. The van der Waals surface area contributed by atoms with Crippen LogP contribution in [0.5, 0.6) is 5.88 Å². The molecule has 0 saturated heterocycles. The van der Waals surface area contributed by atoms with E-state index in [1.54, 1.807) is 13.3 Å². The first-order valence-electron chi connectivity index (χ1n) is 7.01. The lowest BCUT2D eigenvalue weighted by Crippen LogP contribution is -2.25. The average molecular weight is 345 g/mol. The number of nitrogens with one attached hydrogen (secondary N) is 1. The van der Waals surface area contributed by atoms with Crippen molar-refractivity contribution < 1.29 is 9.47 Å². The van der Waals surface area contributed by atoms with E-state index in [2.05, 4.69) is 47.0 Å². The highest BCUT2D eigenvalue weighted by molar-refractivity contribution is 9.10. The lowest BCUT2D eigenvalue weighted by Gasteiger charge is -2.22.